The van der Waals surface area contributed by atoms with Gasteiger partial charge >= 0.3 is 11.9 Å². The summed E-state index contributed by atoms with van der Waals surface area (Å²) < 4.78 is 41.0. The van der Waals surface area contributed by atoms with Gasteiger partial charge in [-0.25, -0.2) is 9.48 Å². The Morgan fingerprint density at radius 2 is 1.79 bits per heavy atom. The van der Waals surface area contributed by atoms with Gasteiger partial charge in [0.15, 0.2) is 5.65 Å². The molecule has 0 bridgehead atoms. The molecule has 29 heavy (non-hydrogen) atoms. The van der Waals surface area contributed by atoms with Gasteiger partial charge < -0.3 is 0 Å². The summed E-state index contributed by atoms with van der Waals surface area (Å²) in [4.78, 5) is 16.0. The Morgan fingerprint density at radius 1 is 1.07 bits per heavy atom. The second-order valence-electron chi connectivity index (χ2n) is 6.46. The van der Waals surface area contributed by atoms with Crippen LogP contribution < -0.4 is 5.69 Å². The summed E-state index contributed by atoms with van der Waals surface area (Å²) in [7, 11) is 0. The number of nitrogens with zero attached hydrogens (tertiary/aromatic N) is 5. The molecule has 0 radical (unpaired) electrons. The number of fused-ring (bicyclic) bond motifs is 1. The van der Waals surface area contributed by atoms with Crippen LogP contribution in [0.25, 0.3) is 16.8 Å². The average Bonchev–Trinajstić information content (AvgIpc) is 2.99. The molecule has 3 heterocycles. The molecule has 0 aliphatic heterocycles. The maximum atomic E-state index is 12.7. The monoisotopic (exact) mass is 511 g/mol. The van der Waals surface area contributed by atoms with Crippen molar-refractivity contribution in [1.29, 1.82) is 0 Å². The molecule has 0 spiro atoms. The van der Waals surface area contributed by atoms with Crippen LogP contribution in [0.5, 0.6) is 0 Å². The molecule has 6 nitrogen and oxygen atoms in total. The number of pyridine rings is 1. The van der Waals surface area contributed by atoms with Crippen molar-refractivity contribution in [3.05, 3.63) is 79.7 Å². The van der Waals surface area contributed by atoms with Crippen molar-refractivity contribution in [3.63, 3.8) is 0 Å². The van der Waals surface area contributed by atoms with Gasteiger partial charge in [-0.05, 0) is 46.7 Å². The average molecular weight is 511 g/mol. The van der Waals surface area contributed by atoms with Gasteiger partial charge in [0.1, 0.15) is 5.69 Å². The second-order valence-corrected chi connectivity index (χ2v) is 7.54. The Labute approximate surface area is 176 Å². The second kappa shape index (κ2) is 7.25. The summed E-state index contributed by atoms with van der Waals surface area (Å²) >= 11 is 2.11. The summed E-state index contributed by atoms with van der Waals surface area (Å²) in [5.74, 6) is 0. The molecule has 0 saturated carbocycles. The lowest BCUT2D eigenvalue weighted by Crippen LogP contribution is -2.23. The van der Waals surface area contributed by atoms with E-state index >= 15 is 0 Å². The van der Waals surface area contributed by atoms with Crippen LogP contribution in [0, 0.1) is 10.5 Å². The molecule has 4 rings (SSSR count). The van der Waals surface area contributed by atoms with E-state index in [1.165, 1.54) is 10.6 Å². The highest BCUT2D eigenvalue weighted by Crippen LogP contribution is 2.28. The van der Waals surface area contributed by atoms with Gasteiger partial charge in [-0.15, -0.1) is 5.10 Å². The van der Waals surface area contributed by atoms with Crippen LogP contribution in [0.4, 0.5) is 13.2 Å². The molecule has 0 saturated heterocycles. The molecule has 0 unspecified atom stereocenters. The van der Waals surface area contributed by atoms with Crippen molar-refractivity contribution in [2.75, 3.05) is 0 Å². The van der Waals surface area contributed by atoms with E-state index in [0.29, 0.717) is 11.2 Å². The van der Waals surface area contributed by atoms with Crippen LogP contribution in [0.2, 0.25) is 0 Å². The van der Waals surface area contributed by atoms with Crippen LogP contribution in [-0.2, 0) is 12.7 Å². The SMILES string of the molecule is Cc1ccc(-c2cnn3c(=O)n(Cc4ccc(C(F)(F)F)nc4)nc3c2I)cc1. The van der Waals surface area contributed by atoms with E-state index in [-0.39, 0.29) is 6.54 Å². The predicted molar refractivity (Wildman–Crippen MR) is 108 cm³/mol. The third-order valence-corrected chi connectivity index (χ3v) is 5.43. The maximum Gasteiger partial charge on any atom is 0.433 e. The van der Waals surface area contributed by atoms with E-state index in [4.69, 9.17) is 0 Å². The number of benzene rings is 1. The topological polar surface area (TPSA) is 65.1 Å². The van der Waals surface area contributed by atoms with Crippen molar-refractivity contribution in [2.45, 2.75) is 19.6 Å². The fourth-order valence-electron chi connectivity index (χ4n) is 2.83. The first-order valence-corrected chi connectivity index (χ1v) is 9.55. The van der Waals surface area contributed by atoms with Crippen LogP contribution in [0.15, 0.2) is 53.6 Å². The Kier molecular flexibility index (Phi) is 4.89. The third-order valence-electron chi connectivity index (χ3n) is 4.36. The van der Waals surface area contributed by atoms with Crippen LogP contribution >= 0.6 is 22.6 Å². The van der Waals surface area contributed by atoms with Gasteiger partial charge in [0, 0.05) is 11.8 Å². The summed E-state index contributed by atoms with van der Waals surface area (Å²) in [6, 6.07) is 10.1. The highest BCUT2D eigenvalue weighted by molar-refractivity contribution is 14.1. The number of halogens is 4. The Morgan fingerprint density at radius 3 is 2.41 bits per heavy atom. The molecule has 0 N–H and O–H groups in total. The minimum Gasteiger partial charge on any atom is -0.251 e. The lowest BCUT2D eigenvalue weighted by Gasteiger charge is -2.06. The molecule has 0 aliphatic carbocycles. The fourth-order valence-corrected chi connectivity index (χ4v) is 3.62. The maximum absolute atomic E-state index is 12.7. The normalized spacial score (nSPS) is 11.9. The number of aryl methyl sites for hydroxylation is 1. The van der Waals surface area contributed by atoms with E-state index in [2.05, 4.69) is 37.8 Å². The zero-order chi connectivity index (χ0) is 20.8. The van der Waals surface area contributed by atoms with Crippen molar-refractivity contribution in [1.82, 2.24) is 24.4 Å². The molecular formula is C19H13F3IN5O. The summed E-state index contributed by atoms with van der Waals surface area (Å²) in [6.07, 6.45) is -1.81. The minimum atomic E-state index is -4.51. The highest BCUT2D eigenvalue weighted by Gasteiger charge is 2.32. The minimum absolute atomic E-state index is 0.0106. The van der Waals surface area contributed by atoms with Crippen molar-refractivity contribution in [3.8, 4) is 11.1 Å². The van der Waals surface area contributed by atoms with Gasteiger partial charge in [-0.2, -0.15) is 22.8 Å². The standard InChI is InChI=1S/C19H13F3IN5O/c1-11-2-5-13(6-3-11)14-9-25-28-17(16(14)23)26-27(18(28)29)10-12-4-7-15(24-8-12)19(20,21)22/h2-9H,10H2,1H3. The molecule has 0 atom stereocenters. The smallest absolute Gasteiger partial charge is 0.251 e. The molecule has 3 aromatic heterocycles. The first kappa shape index (κ1) is 19.6. The first-order valence-electron chi connectivity index (χ1n) is 8.47. The Bertz CT molecular complexity index is 1240. The number of rotatable bonds is 3. The highest BCUT2D eigenvalue weighted by atomic mass is 127. The molecule has 4 aromatic rings. The number of aromatic nitrogens is 5. The van der Waals surface area contributed by atoms with Crippen LogP contribution in [0.1, 0.15) is 16.8 Å². The largest absolute Gasteiger partial charge is 0.433 e. The number of alkyl halides is 3. The molecular weight excluding hydrogens is 498 g/mol. The van der Waals surface area contributed by atoms with E-state index in [0.717, 1.165) is 37.2 Å². The lowest BCUT2D eigenvalue weighted by atomic mass is 10.1. The van der Waals surface area contributed by atoms with Gasteiger partial charge in [0.25, 0.3) is 0 Å². The van der Waals surface area contributed by atoms with E-state index < -0.39 is 17.6 Å². The third kappa shape index (κ3) is 3.76. The number of hydrogen-bond acceptors (Lipinski definition) is 4. The van der Waals surface area contributed by atoms with Gasteiger partial charge in [-0.1, -0.05) is 35.9 Å². The Hall–Kier alpha value is -2.76. The van der Waals surface area contributed by atoms with Crippen LogP contribution in [0.3, 0.4) is 0 Å². The first-order chi connectivity index (χ1) is 13.7. The van der Waals surface area contributed by atoms with E-state index in [1.807, 2.05) is 31.2 Å². The zero-order valence-electron chi connectivity index (χ0n) is 15.0. The number of hydrogen-bond donors (Lipinski definition) is 0. The van der Waals surface area contributed by atoms with Crippen molar-refractivity contribution in [2.24, 2.45) is 0 Å². The predicted octanol–water partition coefficient (Wildman–Crippen LogP) is 3.93. The molecule has 0 fully saturated rings. The molecule has 0 aliphatic rings. The van der Waals surface area contributed by atoms with Crippen molar-refractivity contribution >= 4 is 28.2 Å². The molecule has 1 aromatic carbocycles. The summed E-state index contributed by atoms with van der Waals surface area (Å²) in [5.41, 5.74) is 2.26. The lowest BCUT2D eigenvalue weighted by molar-refractivity contribution is -0.141. The van der Waals surface area contributed by atoms with E-state index in [9.17, 15) is 18.0 Å². The van der Waals surface area contributed by atoms with Crippen LogP contribution in [-0.4, -0.2) is 24.4 Å². The van der Waals surface area contributed by atoms with Gasteiger partial charge in [-0.3, -0.25) is 4.98 Å². The van der Waals surface area contributed by atoms with Gasteiger partial charge in [0.05, 0.1) is 16.3 Å². The fraction of sp³-hybridized carbons (Fsp3) is 0.158. The molecule has 0 amide bonds. The summed E-state index contributed by atoms with van der Waals surface area (Å²) in [6.45, 7) is 1.98. The van der Waals surface area contributed by atoms with E-state index in [1.54, 1.807) is 6.20 Å². The zero-order valence-corrected chi connectivity index (χ0v) is 17.1. The molecule has 148 valence electrons. The van der Waals surface area contributed by atoms with Crippen molar-refractivity contribution < 1.29 is 13.2 Å². The molecule has 10 heteroatoms. The quantitative estimate of drug-likeness (QED) is 0.391. The Balaban J connectivity index is 1.71. The summed E-state index contributed by atoms with van der Waals surface area (Å²) in [5, 5.41) is 8.53. The van der Waals surface area contributed by atoms with Gasteiger partial charge in [0.2, 0.25) is 0 Å².